The van der Waals surface area contributed by atoms with Crippen LogP contribution >= 0.6 is 0 Å². The maximum Gasteiger partial charge on any atom is 0.123 e. The van der Waals surface area contributed by atoms with E-state index in [9.17, 15) is 9.50 Å². The maximum atomic E-state index is 13.2. The second-order valence-electron chi connectivity index (χ2n) is 6.74. The molecule has 0 saturated heterocycles. The van der Waals surface area contributed by atoms with Crippen LogP contribution in [0.1, 0.15) is 56.2 Å². The van der Waals surface area contributed by atoms with Crippen LogP contribution in [0.4, 0.5) is 4.39 Å². The predicted octanol–water partition coefficient (Wildman–Crippen LogP) is 3.34. The Labute approximate surface area is 120 Å². The number of halogens is 1. The third kappa shape index (κ3) is 2.89. The lowest BCUT2D eigenvalue weighted by Gasteiger charge is -2.36. The fraction of sp³-hybridized carbons (Fsp3) is 0.647. The van der Waals surface area contributed by atoms with Crippen molar-refractivity contribution >= 4 is 0 Å². The van der Waals surface area contributed by atoms with Crippen LogP contribution in [0.2, 0.25) is 0 Å². The molecule has 3 rings (SSSR count). The topological polar surface area (TPSA) is 32.3 Å². The van der Waals surface area contributed by atoms with E-state index < -0.39 is 5.60 Å². The van der Waals surface area contributed by atoms with Crippen molar-refractivity contribution in [2.75, 3.05) is 6.54 Å². The van der Waals surface area contributed by atoms with Gasteiger partial charge in [-0.15, -0.1) is 0 Å². The maximum absolute atomic E-state index is 13.2. The Hall–Kier alpha value is -0.930. The first-order valence-electron chi connectivity index (χ1n) is 7.80. The minimum Gasteiger partial charge on any atom is -0.389 e. The van der Waals surface area contributed by atoms with Crippen molar-refractivity contribution in [3.05, 3.63) is 35.1 Å². The number of nitrogens with one attached hydrogen (secondary N) is 1. The van der Waals surface area contributed by atoms with Crippen molar-refractivity contribution in [1.29, 1.82) is 0 Å². The third-order valence-electron chi connectivity index (χ3n) is 4.93. The van der Waals surface area contributed by atoms with Gasteiger partial charge in [-0.2, -0.15) is 0 Å². The van der Waals surface area contributed by atoms with Crippen molar-refractivity contribution in [2.45, 2.75) is 57.1 Å². The monoisotopic (exact) mass is 277 g/mol. The van der Waals surface area contributed by atoms with Crippen LogP contribution in [0.25, 0.3) is 0 Å². The van der Waals surface area contributed by atoms with Crippen LogP contribution in [-0.4, -0.2) is 17.3 Å². The zero-order chi connectivity index (χ0) is 14.2. The first kappa shape index (κ1) is 14.0. The van der Waals surface area contributed by atoms with E-state index in [1.807, 2.05) is 6.07 Å². The summed E-state index contributed by atoms with van der Waals surface area (Å²) >= 11 is 0. The van der Waals surface area contributed by atoms with Gasteiger partial charge >= 0.3 is 0 Å². The molecule has 1 fully saturated rings. The molecule has 0 radical (unpaired) electrons. The average molecular weight is 277 g/mol. The second kappa shape index (κ2) is 5.45. The van der Waals surface area contributed by atoms with Gasteiger partial charge in [0.1, 0.15) is 5.82 Å². The summed E-state index contributed by atoms with van der Waals surface area (Å²) in [5.74, 6) is 0.463. The van der Waals surface area contributed by atoms with E-state index in [1.54, 1.807) is 6.07 Å². The molecule has 0 aliphatic heterocycles. The number of fused-ring (bicyclic) bond motifs is 1. The van der Waals surface area contributed by atoms with Crippen molar-refractivity contribution in [2.24, 2.45) is 5.92 Å². The summed E-state index contributed by atoms with van der Waals surface area (Å²) in [5, 5.41) is 14.2. The Morgan fingerprint density at radius 1 is 1.40 bits per heavy atom. The number of hydrogen-bond donors (Lipinski definition) is 2. The van der Waals surface area contributed by atoms with Gasteiger partial charge in [-0.1, -0.05) is 25.8 Å². The number of rotatable bonds is 3. The zero-order valence-electron chi connectivity index (χ0n) is 12.2. The molecule has 3 atom stereocenters. The van der Waals surface area contributed by atoms with E-state index in [1.165, 1.54) is 18.1 Å². The minimum absolute atomic E-state index is 0.149. The standard InChI is InChI=1S/C17H24FNO/c1-12-3-2-8-17(20,10-12)11-19-16-7-4-13-9-14(18)5-6-15(13)16/h5-6,9,12,16,19-20H,2-4,7-8,10-11H2,1H3. The van der Waals surface area contributed by atoms with Gasteiger partial charge in [-0.25, -0.2) is 4.39 Å². The SMILES string of the molecule is CC1CCCC(O)(CNC2CCc3cc(F)ccc32)C1. The fourth-order valence-electron chi connectivity index (χ4n) is 3.90. The molecule has 0 heterocycles. The summed E-state index contributed by atoms with van der Waals surface area (Å²) in [4.78, 5) is 0. The lowest BCUT2D eigenvalue weighted by atomic mass is 9.79. The highest BCUT2D eigenvalue weighted by molar-refractivity contribution is 5.35. The normalized spacial score (nSPS) is 33.1. The van der Waals surface area contributed by atoms with E-state index in [-0.39, 0.29) is 11.9 Å². The molecule has 2 N–H and O–H groups in total. The van der Waals surface area contributed by atoms with Crippen LogP contribution < -0.4 is 5.32 Å². The average Bonchev–Trinajstić information content (AvgIpc) is 2.78. The van der Waals surface area contributed by atoms with Crippen molar-refractivity contribution in [1.82, 2.24) is 5.32 Å². The Morgan fingerprint density at radius 2 is 2.25 bits per heavy atom. The molecule has 0 amide bonds. The number of benzene rings is 1. The molecule has 0 bridgehead atoms. The van der Waals surface area contributed by atoms with Crippen molar-refractivity contribution in [3.63, 3.8) is 0 Å². The number of aryl methyl sites for hydroxylation is 1. The third-order valence-corrected chi connectivity index (χ3v) is 4.93. The van der Waals surface area contributed by atoms with Gasteiger partial charge in [0.25, 0.3) is 0 Å². The number of aliphatic hydroxyl groups is 1. The molecular formula is C17H24FNO. The molecule has 1 aromatic rings. The number of hydrogen-bond acceptors (Lipinski definition) is 2. The van der Waals surface area contributed by atoms with Gasteiger partial charge in [0.2, 0.25) is 0 Å². The quantitative estimate of drug-likeness (QED) is 0.888. The van der Waals surface area contributed by atoms with Crippen LogP contribution in [0.5, 0.6) is 0 Å². The Kier molecular flexibility index (Phi) is 3.83. The summed E-state index contributed by atoms with van der Waals surface area (Å²) in [6, 6.07) is 5.35. The zero-order valence-corrected chi connectivity index (χ0v) is 12.2. The molecule has 1 aromatic carbocycles. The van der Waals surface area contributed by atoms with Crippen LogP contribution in [-0.2, 0) is 6.42 Å². The van der Waals surface area contributed by atoms with E-state index >= 15 is 0 Å². The Balaban J connectivity index is 1.63. The summed E-state index contributed by atoms with van der Waals surface area (Å²) in [6.07, 6.45) is 6.07. The smallest absolute Gasteiger partial charge is 0.123 e. The molecule has 0 spiro atoms. The van der Waals surface area contributed by atoms with Gasteiger partial charge in [-0.05, 0) is 54.9 Å². The molecule has 1 saturated carbocycles. The Morgan fingerprint density at radius 3 is 3.05 bits per heavy atom. The highest BCUT2D eigenvalue weighted by Gasteiger charge is 2.33. The van der Waals surface area contributed by atoms with Crippen LogP contribution in [0.3, 0.4) is 0 Å². The Bertz CT molecular complexity index is 490. The predicted molar refractivity (Wildman–Crippen MR) is 78.0 cm³/mol. The van der Waals surface area contributed by atoms with Crippen molar-refractivity contribution < 1.29 is 9.50 Å². The molecule has 0 aromatic heterocycles. The molecule has 110 valence electrons. The summed E-state index contributed by atoms with van der Waals surface area (Å²) in [5.41, 5.74) is 1.77. The highest BCUT2D eigenvalue weighted by atomic mass is 19.1. The van der Waals surface area contributed by atoms with Gasteiger partial charge in [0, 0.05) is 12.6 Å². The lowest BCUT2D eigenvalue weighted by molar-refractivity contribution is -0.0137. The van der Waals surface area contributed by atoms with E-state index in [0.717, 1.165) is 37.7 Å². The van der Waals surface area contributed by atoms with E-state index in [2.05, 4.69) is 12.2 Å². The first-order valence-corrected chi connectivity index (χ1v) is 7.80. The van der Waals surface area contributed by atoms with Crippen LogP contribution in [0.15, 0.2) is 18.2 Å². The molecule has 2 aliphatic rings. The fourth-order valence-corrected chi connectivity index (χ4v) is 3.90. The molecule has 2 aliphatic carbocycles. The molecule has 2 nitrogen and oxygen atoms in total. The van der Waals surface area contributed by atoms with Gasteiger partial charge < -0.3 is 10.4 Å². The van der Waals surface area contributed by atoms with Crippen LogP contribution in [0, 0.1) is 11.7 Å². The van der Waals surface area contributed by atoms with Gasteiger partial charge in [-0.3, -0.25) is 0 Å². The molecule has 3 heteroatoms. The second-order valence-corrected chi connectivity index (χ2v) is 6.74. The van der Waals surface area contributed by atoms with Crippen molar-refractivity contribution in [3.8, 4) is 0 Å². The van der Waals surface area contributed by atoms with E-state index in [4.69, 9.17) is 0 Å². The summed E-state index contributed by atoms with van der Waals surface area (Å²) in [6.45, 7) is 2.87. The van der Waals surface area contributed by atoms with Gasteiger partial charge in [0.15, 0.2) is 0 Å². The summed E-state index contributed by atoms with van der Waals surface area (Å²) in [7, 11) is 0. The highest BCUT2D eigenvalue weighted by Crippen LogP contribution is 2.35. The minimum atomic E-state index is -0.555. The van der Waals surface area contributed by atoms with Gasteiger partial charge in [0.05, 0.1) is 5.60 Å². The molecular weight excluding hydrogens is 253 g/mol. The lowest BCUT2D eigenvalue weighted by Crippen LogP contribution is -2.44. The molecule has 3 unspecified atom stereocenters. The van der Waals surface area contributed by atoms with E-state index in [0.29, 0.717) is 12.5 Å². The molecule has 20 heavy (non-hydrogen) atoms. The summed E-state index contributed by atoms with van der Waals surface area (Å²) < 4.78 is 13.2. The largest absolute Gasteiger partial charge is 0.389 e. The first-order chi connectivity index (χ1) is 9.56.